The number of para-hydroxylation sites is 3. The van der Waals surface area contributed by atoms with Gasteiger partial charge in [0.25, 0.3) is 6.71 Å². The van der Waals surface area contributed by atoms with E-state index in [1.807, 2.05) is 0 Å². The van der Waals surface area contributed by atoms with Gasteiger partial charge < -0.3 is 23.5 Å². The molecule has 67 heavy (non-hydrogen) atoms. The maximum atomic E-state index is 7.71. The molecule has 0 N–H and O–H groups in total. The van der Waals surface area contributed by atoms with Crippen LogP contribution in [0, 0.1) is 20.8 Å². The molecule has 0 saturated carbocycles. The van der Waals surface area contributed by atoms with Gasteiger partial charge in [0, 0.05) is 55.9 Å². The number of hydrogen-bond donors (Lipinski definition) is 0. The minimum Gasteiger partial charge on any atom is -0.472 e. The molecule has 0 amide bonds. The largest absolute Gasteiger partial charge is 0.472 e. The lowest BCUT2D eigenvalue weighted by atomic mass is 9.35. The van der Waals surface area contributed by atoms with E-state index in [-0.39, 0.29) is 23.0 Å². The van der Waals surface area contributed by atoms with Gasteiger partial charge in [-0.25, -0.2) is 0 Å². The van der Waals surface area contributed by atoms with E-state index in [1.54, 1.807) is 0 Å². The summed E-state index contributed by atoms with van der Waals surface area (Å²) >= 11 is 0. The Morgan fingerprint density at radius 1 is 0.552 bits per heavy atom. The number of aryl methyl sites for hydroxylation is 3. The zero-order valence-corrected chi connectivity index (χ0v) is 40.5. The third-order valence-corrected chi connectivity index (χ3v) is 15.2. The normalized spacial score (nSPS) is 15.6. The lowest BCUT2D eigenvalue weighted by molar-refractivity contribution is 0.282. The van der Waals surface area contributed by atoms with Crippen LogP contribution in [0.25, 0.3) is 21.9 Å². The summed E-state index contributed by atoms with van der Waals surface area (Å²) in [6.07, 6.45) is 2.11. The first kappa shape index (κ1) is 41.5. The molecule has 7 aromatic carbocycles. The number of furan rings is 2. The summed E-state index contributed by atoms with van der Waals surface area (Å²) in [5.41, 5.74) is 21.4. The van der Waals surface area contributed by atoms with Crippen molar-refractivity contribution in [3.63, 3.8) is 0 Å². The predicted molar refractivity (Wildman–Crippen MR) is 283 cm³/mol. The Balaban J connectivity index is 1.27. The summed E-state index contributed by atoms with van der Waals surface area (Å²) in [5.74, 6) is 1.11. The zero-order valence-electron chi connectivity index (χ0n) is 40.5. The number of hydrogen-bond acceptors (Lipinski definition) is 5. The van der Waals surface area contributed by atoms with Crippen molar-refractivity contribution in [2.45, 2.75) is 98.3 Å². The van der Waals surface area contributed by atoms with Crippen LogP contribution in [-0.4, -0.2) is 6.71 Å². The van der Waals surface area contributed by atoms with E-state index in [1.165, 1.54) is 50.1 Å². The molecular formula is C61H58BN3O2. The SMILES string of the molecule is Cc1cc(C)c(N2c3cc4c(cc3B3c5oc6c(c5N(c5ccc(C(C)(C)C)cc5)c5cc(N(c7ccccc7)c7ccccc7)cc2c53)C(C)(C)CCC6(C)C)oc2ccccc24)c(C)c1. The number of anilines is 9. The highest BCUT2D eigenvalue weighted by Gasteiger charge is 2.53. The van der Waals surface area contributed by atoms with Gasteiger partial charge in [-0.15, -0.1) is 0 Å². The first-order valence-electron chi connectivity index (χ1n) is 24.1. The summed E-state index contributed by atoms with van der Waals surface area (Å²) in [6, 6.07) is 53.8. The van der Waals surface area contributed by atoms with E-state index in [0.29, 0.717) is 0 Å². The number of nitrogens with zero attached hydrogens (tertiary/aromatic N) is 3. The van der Waals surface area contributed by atoms with Crippen LogP contribution in [0.3, 0.4) is 0 Å². The molecule has 5 nitrogen and oxygen atoms in total. The summed E-state index contributed by atoms with van der Waals surface area (Å²) in [4.78, 5) is 7.59. The predicted octanol–water partition coefficient (Wildman–Crippen LogP) is 15.3. The van der Waals surface area contributed by atoms with Crippen molar-refractivity contribution in [3.05, 3.63) is 179 Å². The quantitative estimate of drug-likeness (QED) is 0.161. The summed E-state index contributed by atoms with van der Waals surface area (Å²) in [5, 5.41) is 2.22. The maximum absolute atomic E-state index is 7.71. The zero-order chi connectivity index (χ0) is 46.3. The Morgan fingerprint density at radius 2 is 1.15 bits per heavy atom. The van der Waals surface area contributed by atoms with Crippen molar-refractivity contribution in [2.75, 3.05) is 14.7 Å². The molecular weight excluding hydrogens is 818 g/mol. The van der Waals surface area contributed by atoms with Crippen LogP contribution in [0.2, 0.25) is 0 Å². The van der Waals surface area contributed by atoms with Gasteiger partial charge >= 0.3 is 0 Å². The van der Waals surface area contributed by atoms with E-state index in [2.05, 4.69) is 230 Å². The van der Waals surface area contributed by atoms with Crippen LogP contribution < -0.4 is 31.3 Å². The van der Waals surface area contributed by atoms with Crippen molar-refractivity contribution in [3.8, 4) is 0 Å². The summed E-state index contributed by atoms with van der Waals surface area (Å²) in [6.45, 7) is 23.0. The molecule has 1 aliphatic carbocycles. The third kappa shape index (κ3) is 6.28. The van der Waals surface area contributed by atoms with Gasteiger partial charge in [0.2, 0.25) is 0 Å². The van der Waals surface area contributed by atoms with E-state index < -0.39 is 0 Å². The van der Waals surface area contributed by atoms with E-state index in [4.69, 9.17) is 8.83 Å². The molecule has 0 unspecified atom stereocenters. The highest BCUT2D eigenvalue weighted by molar-refractivity contribution is 6.99. The topological polar surface area (TPSA) is 36.0 Å². The van der Waals surface area contributed by atoms with Crippen LogP contribution in [0.4, 0.5) is 51.2 Å². The van der Waals surface area contributed by atoms with Crippen molar-refractivity contribution < 1.29 is 8.83 Å². The molecule has 0 radical (unpaired) electrons. The fourth-order valence-corrected chi connectivity index (χ4v) is 11.9. The Hall–Kier alpha value is -6.92. The van der Waals surface area contributed by atoms with Crippen LogP contribution in [0.5, 0.6) is 0 Å². The standard InChI is InChI=1S/C61H58BN3O2/c1-37-31-38(2)55(39(3)32-37)65-48-35-46-45-23-17-18-24-51(45)66-52(46)36-47(48)62-54-49(33-44(34-50(54)65)63(41-19-13-11-14-20-41)42-21-15-12-16-22-42)64(43-27-25-40(26-28-43)59(4,5)6)56-53-57(67-58(56)62)61(9,10)30-29-60(53,7)8/h11-28,31-36H,29-30H2,1-10H3. The fourth-order valence-electron chi connectivity index (χ4n) is 11.9. The molecule has 4 heterocycles. The van der Waals surface area contributed by atoms with Gasteiger partial charge in [0.1, 0.15) is 16.9 Å². The second kappa shape index (κ2) is 14.5. The van der Waals surface area contributed by atoms with Crippen molar-refractivity contribution in [1.29, 1.82) is 0 Å². The van der Waals surface area contributed by atoms with Gasteiger partial charge in [-0.3, -0.25) is 0 Å². The number of benzene rings is 7. The Morgan fingerprint density at radius 3 is 1.79 bits per heavy atom. The smallest absolute Gasteiger partial charge is 0.297 e. The molecule has 3 aliphatic rings. The van der Waals surface area contributed by atoms with Crippen molar-refractivity contribution >= 4 is 96.4 Å². The van der Waals surface area contributed by atoms with E-state index in [0.717, 1.165) is 86.0 Å². The molecule has 0 bridgehead atoms. The van der Waals surface area contributed by atoms with Gasteiger partial charge in [-0.05, 0) is 139 Å². The maximum Gasteiger partial charge on any atom is 0.297 e. The minimum atomic E-state index is -0.229. The van der Waals surface area contributed by atoms with Gasteiger partial charge in [0.05, 0.1) is 22.7 Å². The number of rotatable bonds is 5. The highest BCUT2D eigenvalue weighted by Crippen LogP contribution is 2.56. The van der Waals surface area contributed by atoms with Crippen molar-refractivity contribution in [2.24, 2.45) is 0 Å². The van der Waals surface area contributed by atoms with Gasteiger partial charge in [0.15, 0.2) is 0 Å². The van der Waals surface area contributed by atoms with Crippen LogP contribution in [-0.2, 0) is 16.2 Å². The number of fused-ring (bicyclic) bond motifs is 9. The Labute approximate surface area is 395 Å². The molecule has 0 fully saturated rings. The summed E-state index contributed by atoms with van der Waals surface area (Å²) < 4.78 is 14.5. The average molecular weight is 876 g/mol. The fraction of sp³-hybridized carbons (Fsp3) is 0.246. The Bertz CT molecular complexity index is 3380. The molecule has 12 rings (SSSR count). The minimum absolute atomic E-state index is 0.00158. The Kier molecular flexibility index (Phi) is 9.01. The second-order valence-corrected chi connectivity index (χ2v) is 21.8. The molecule has 6 heteroatoms. The van der Waals surface area contributed by atoms with Crippen molar-refractivity contribution in [1.82, 2.24) is 0 Å². The first-order valence-corrected chi connectivity index (χ1v) is 24.1. The molecule has 2 aliphatic heterocycles. The molecule has 0 atom stereocenters. The molecule has 2 aromatic heterocycles. The average Bonchev–Trinajstić information content (AvgIpc) is 3.89. The summed E-state index contributed by atoms with van der Waals surface area (Å²) in [7, 11) is 0. The molecule has 9 aromatic rings. The monoisotopic (exact) mass is 875 g/mol. The second-order valence-electron chi connectivity index (χ2n) is 21.8. The highest BCUT2D eigenvalue weighted by atomic mass is 16.3. The lowest BCUT2D eigenvalue weighted by Crippen LogP contribution is -2.61. The molecule has 0 spiro atoms. The van der Waals surface area contributed by atoms with E-state index in [9.17, 15) is 0 Å². The van der Waals surface area contributed by atoms with E-state index >= 15 is 0 Å². The lowest BCUT2D eigenvalue weighted by Gasteiger charge is -2.45. The van der Waals surface area contributed by atoms with Gasteiger partial charge in [-0.1, -0.05) is 133 Å². The van der Waals surface area contributed by atoms with Crippen LogP contribution in [0.1, 0.15) is 94.9 Å². The van der Waals surface area contributed by atoms with Gasteiger partial charge in [-0.2, -0.15) is 0 Å². The van der Waals surface area contributed by atoms with Crippen LogP contribution in [0.15, 0.2) is 154 Å². The first-order chi connectivity index (χ1) is 32.1. The molecule has 332 valence electrons. The molecule has 0 saturated heterocycles. The van der Waals surface area contributed by atoms with Crippen LogP contribution >= 0.6 is 0 Å². The third-order valence-electron chi connectivity index (χ3n) is 15.2.